The first kappa shape index (κ1) is 11.7. The lowest BCUT2D eigenvalue weighted by Gasteiger charge is -1.92. The Morgan fingerprint density at radius 2 is 1.58 bits per heavy atom. The summed E-state index contributed by atoms with van der Waals surface area (Å²) >= 11 is 0. The molecule has 0 aromatic carbocycles. The lowest BCUT2D eigenvalue weighted by molar-refractivity contribution is 0.728. The molecule has 0 fully saturated rings. The molecule has 0 N–H and O–H groups in total. The third-order valence-electron chi connectivity index (χ3n) is 1.97. The molecule has 0 saturated heterocycles. The van der Waals surface area contributed by atoms with Crippen LogP contribution in [0.4, 0.5) is 0 Å². The van der Waals surface area contributed by atoms with Gasteiger partial charge in [0.15, 0.2) is 0 Å². The Labute approximate surface area is 78.1 Å². The van der Waals surface area contributed by atoms with Gasteiger partial charge in [0.1, 0.15) is 0 Å². The number of rotatable bonds is 8. The molecule has 0 unspecified atom stereocenters. The first-order valence-corrected chi connectivity index (χ1v) is 5.40. The van der Waals surface area contributed by atoms with Gasteiger partial charge in [-0.2, -0.15) is 0 Å². The van der Waals surface area contributed by atoms with E-state index in [9.17, 15) is 0 Å². The molecule has 0 spiro atoms. The van der Waals surface area contributed by atoms with Crippen molar-refractivity contribution in [2.75, 3.05) is 0 Å². The SMILES string of the molecule is CCCC[CH]C=CCCCCC. The van der Waals surface area contributed by atoms with Gasteiger partial charge in [0.05, 0.1) is 0 Å². The van der Waals surface area contributed by atoms with Crippen LogP contribution in [0.15, 0.2) is 12.2 Å². The monoisotopic (exact) mass is 167 g/mol. The molecule has 71 valence electrons. The molecule has 1 radical (unpaired) electrons. The Morgan fingerprint density at radius 1 is 0.833 bits per heavy atom. The topological polar surface area (TPSA) is 0 Å². The highest BCUT2D eigenvalue weighted by Crippen LogP contribution is 2.02. The van der Waals surface area contributed by atoms with Crippen LogP contribution in [0.5, 0.6) is 0 Å². The molecule has 0 nitrogen and oxygen atoms in total. The van der Waals surface area contributed by atoms with E-state index in [0.717, 1.165) is 0 Å². The van der Waals surface area contributed by atoms with E-state index in [2.05, 4.69) is 32.4 Å². The Balaban J connectivity index is 2.93. The molecule has 0 heteroatoms. The molecule has 0 aliphatic heterocycles. The van der Waals surface area contributed by atoms with E-state index in [4.69, 9.17) is 0 Å². The zero-order chi connectivity index (χ0) is 9.07. The van der Waals surface area contributed by atoms with Gasteiger partial charge in [-0.3, -0.25) is 0 Å². The first-order valence-electron chi connectivity index (χ1n) is 5.40. The molecule has 0 amide bonds. The van der Waals surface area contributed by atoms with Gasteiger partial charge in [-0.25, -0.2) is 0 Å². The van der Waals surface area contributed by atoms with Crippen LogP contribution in [0.3, 0.4) is 0 Å². The normalized spacial score (nSPS) is 11.2. The summed E-state index contributed by atoms with van der Waals surface area (Å²) in [5, 5.41) is 0. The number of unbranched alkanes of at least 4 members (excludes halogenated alkanes) is 6. The van der Waals surface area contributed by atoms with Gasteiger partial charge in [-0.1, -0.05) is 51.7 Å². The van der Waals surface area contributed by atoms with Gasteiger partial charge in [0.2, 0.25) is 0 Å². The highest BCUT2D eigenvalue weighted by atomic mass is 13.9. The van der Waals surface area contributed by atoms with Crippen molar-refractivity contribution in [2.24, 2.45) is 0 Å². The summed E-state index contributed by atoms with van der Waals surface area (Å²) in [7, 11) is 0. The summed E-state index contributed by atoms with van der Waals surface area (Å²) in [4.78, 5) is 0. The van der Waals surface area contributed by atoms with Gasteiger partial charge in [0.25, 0.3) is 0 Å². The third kappa shape index (κ3) is 9.74. The molecule has 0 atom stereocenters. The van der Waals surface area contributed by atoms with Gasteiger partial charge in [-0.05, 0) is 25.7 Å². The fraction of sp³-hybridized carbons (Fsp3) is 0.750. The summed E-state index contributed by atoms with van der Waals surface area (Å²) in [5.74, 6) is 0. The van der Waals surface area contributed by atoms with Gasteiger partial charge >= 0.3 is 0 Å². The van der Waals surface area contributed by atoms with Crippen LogP contribution in [-0.4, -0.2) is 0 Å². The molecule has 12 heavy (non-hydrogen) atoms. The molecule has 0 aliphatic rings. The number of allylic oxidation sites excluding steroid dienone is 2. The van der Waals surface area contributed by atoms with Gasteiger partial charge < -0.3 is 0 Å². The summed E-state index contributed by atoms with van der Waals surface area (Å²) in [6, 6.07) is 0. The van der Waals surface area contributed by atoms with E-state index < -0.39 is 0 Å². The fourth-order valence-corrected chi connectivity index (χ4v) is 1.12. The predicted octanol–water partition coefficient (Wildman–Crippen LogP) is 4.52. The highest BCUT2D eigenvalue weighted by molar-refractivity contribution is 4.93. The van der Waals surface area contributed by atoms with Crippen molar-refractivity contribution in [1.29, 1.82) is 0 Å². The van der Waals surface area contributed by atoms with Crippen LogP contribution < -0.4 is 0 Å². The van der Waals surface area contributed by atoms with Crippen molar-refractivity contribution in [3.8, 4) is 0 Å². The standard InChI is InChI=1S/C12H23/c1-3-5-7-9-11-12-10-8-6-4-2/h9,11-12H,3-8,10H2,1-2H3. The molecule has 0 aromatic rings. The van der Waals surface area contributed by atoms with Crippen LogP contribution in [0.1, 0.15) is 58.8 Å². The van der Waals surface area contributed by atoms with Gasteiger partial charge in [-0.15, -0.1) is 0 Å². The van der Waals surface area contributed by atoms with Crippen molar-refractivity contribution in [3.63, 3.8) is 0 Å². The second-order valence-electron chi connectivity index (χ2n) is 3.30. The predicted molar refractivity (Wildman–Crippen MR) is 57.1 cm³/mol. The van der Waals surface area contributed by atoms with Gasteiger partial charge in [0, 0.05) is 0 Å². The van der Waals surface area contributed by atoms with Crippen molar-refractivity contribution >= 4 is 0 Å². The maximum Gasteiger partial charge on any atom is -0.0171 e. The molecule has 0 saturated carbocycles. The third-order valence-corrected chi connectivity index (χ3v) is 1.97. The van der Waals surface area contributed by atoms with E-state index in [-0.39, 0.29) is 0 Å². The molecule has 0 rings (SSSR count). The van der Waals surface area contributed by atoms with Crippen molar-refractivity contribution < 1.29 is 0 Å². The minimum absolute atomic E-state index is 1.25. The molecular formula is C12H23. The van der Waals surface area contributed by atoms with Crippen LogP contribution in [0.2, 0.25) is 0 Å². The van der Waals surface area contributed by atoms with E-state index in [1.165, 1.54) is 44.9 Å². The molecule has 0 heterocycles. The van der Waals surface area contributed by atoms with Crippen molar-refractivity contribution in [2.45, 2.75) is 58.8 Å². The first-order chi connectivity index (χ1) is 5.91. The Morgan fingerprint density at radius 3 is 2.25 bits per heavy atom. The van der Waals surface area contributed by atoms with Crippen molar-refractivity contribution in [1.82, 2.24) is 0 Å². The summed E-state index contributed by atoms with van der Waals surface area (Å²) in [6.45, 7) is 4.48. The van der Waals surface area contributed by atoms with Crippen LogP contribution >= 0.6 is 0 Å². The Hall–Kier alpha value is -0.260. The summed E-state index contributed by atoms with van der Waals surface area (Å²) in [5.41, 5.74) is 0. The summed E-state index contributed by atoms with van der Waals surface area (Å²) < 4.78 is 0. The number of hydrogen-bond donors (Lipinski definition) is 0. The zero-order valence-electron chi connectivity index (χ0n) is 8.68. The minimum Gasteiger partial charge on any atom is -0.0882 e. The minimum atomic E-state index is 1.25. The van der Waals surface area contributed by atoms with E-state index in [1.54, 1.807) is 0 Å². The van der Waals surface area contributed by atoms with Crippen LogP contribution in [0, 0.1) is 6.42 Å². The van der Waals surface area contributed by atoms with Crippen LogP contribution in [-0.2, 0) is 0 Å². The average molecular weight is 167 g/mol. The van der Waals surface area contributed by atoms with Crippen LogP contribution in [0.25, 0.3) is 0 Å². The Bertz CT molecular complexity index is 80.2. The quantitative estimate of drug-likeness (QED) is 0.466. The van der Waals surface area contributed by atoms with Crippen molar-refractivity contribution in [3.05, 3.63) is 18.6 Å². The van der Waals surface area contributed by atoms with E-state index >= 15 is 0 Å². The maximum atomic E-state index is 2.30. The largest absolute Gasteiger partial charge is 0.0882 e. The lowest BCUT2D eigenvalue weighted by atomic mass is 10.1. The Kier molecular flexibility index (Phi) is 10.5. The average Bonchev–Trinajstić information content (AvgIpc) is 2.10. The van der Waals surface area contributed by atoms with E-state index in [0.29, 0.717) is 0 Å². The lowest BCUT2D eigenvalue weighted by Crippen LogP contribution is -1.73. The van der Waals surface area contributed by atoms with E-state index in [1.807, 2.05) is 0 Å². The highest BCUT2D eigenvalue weighted by Gasteiger charge is 1.83. The zero-order valence-corrected chi connectivity index (χ0v) is 8.68. The fourth-order valence-electron chi connectivity index (χ4n) is 1.12. The number of hydrogen-bond acceptors (Lipinski definition) is 0. The molecule has 0 aliphatic carbocycles. The smallest absolute Gasteiger partial charge is 0.0171 e. The molecule has 0 bridgehead atoms. The maximum absolute atomic E-state index is 2.30. The second-order valence-corrected chi connectivity index (χ2v) is 3.30. The second kappa shape index (κ2) is 10.7. The molecule has 0 aromatic heterocycles. The molecular weight excluding hydrogens is 144 g/mol. The summed E-state index contributed by atoms with van der Waals surface area (Å²) in [6.07, 6.45) is 16.0.